The molecule has 2 N–H and O–H groups in total. The van der Waals surface area contributed by atoms with Gasteiger partial charge in [0.25, 0.3) is 0 Å². The molecule has 170 valence electrons. The maximum atomic E-state index is 11.9. The number of ether oxygens (including phenoxy) is 1. The van der Waals surface area contributed by atoms with E-state index in [1.54, 1.807) is 22.5 Å². The number of guanidine groups is 1. The number of hydrogen-bond donors (Lipinski definition) is 2. The minimum atomic E-state index is -0.218. The van der Waals surface area contributed by atoms with Crippen LogP contribution in [0.3, 0.4) is 0 Å². The number of nitrogens with zero attached hydrogens (tertiary/aromatic N) is 2. The summed E-state index contributed by atoms with van der Waals surface area (Å²) in [7, 11) is 0. The fourth-order valence-corrected chi connectivity index (χ4v) is 4.39. The van der Waals surface area contributed by atoms with Gasteiger partial charge in [0, 0.05) is 42.4 Å². The molecule has 0 unspecified atom stereocenters. The Morgan fingerprint density at radius 2 is 2.13 bits per heavy atom. The second-order valence-corrected chi connectivity index (χ2v) is 9.33. The zero-order chi connectivity index (χ0) is 22.1. The average Bonchev–Trinajstić information content (AvgIpc) is 3.47. The van der Waals surface area contributed by atoms with E-state index in [0.29, 0.717) is 26.2 Å². The predicted octanol–water partition coefficient (Wildman–Crippen LogP) is 4.02. The van der Waals surface area contributed by atoms with Crippen molar-refractivity contribution in [1.29, 1.82) is 0 Å². The van der Waals surface area contributed by atoms with Gasteiger partial charge in [0.2, 0.25) is 0 Å². The highest BCUT2D eigenvalue weighted by Gasteiger charge is 2.25. The fraction of sp³-hybridized carbons (Fsp3) is 0.565. The summed E-state index contributed by atoms with van der Waals surface area (Å²) in [6.45, 7) is 9.50. The second-order valence-electron chi connectivity index (χ2n) is 8.39. The lowest BCUT2D eigenvalue weighted by molar-refractivity contribution is 0.0963. The highest BCUT2D eigenvalue weighted by molar-refractivity contribution is 7.10. The number of hydrogen-bond acceptors (Lipinski definition) is 5. The molecule has 7 nitrogen and oxygen atoms in total. The molecule has 1 aliphatic rings. The van der Waals surface area contributed by atoms with Crippen molar-refractivity contribution in [1.82, 2.24) is 15.5 Å². The van der Waals surface area contributed by atoms with Gasteiger partial charge in [-0.15, -0.1) is 11.3 Å². The van der Waals surface area contributed by atoms with Crippen LogP contribution in [0, 0.1) is 0 Å². The number of rotatable bonds is 8. The van der Waals surface area contributed by atoms with Crippen molar-refractivity contribution in [3.63, 3.8) is 0 Å². The van der Waals surface area contributed by atoms with Crippen molar-refractivity contribution in [3.8, 4) is 0 Å². The number of carbonyl (C=O) groups is 1. The first-order valence-electron chi connectivity index (χ1n) is 11.0. The van der Waals surface area contributed by atoms with E-state index in [0.717, 1.165) is 37.5 Å². The Hall–Kier alpha value is -2.48. The van der Waals surface area contributed by atoms with E-state index in [-0.39, 0.29) is 17.6 Å². The summed E-state index contributed by atoms with van der Waals surface area (Å²) in [6, 6.07) is 8.41. The summed E-state index contributed by atoms with van der Waals surface area (Å²) in [5.41, 5.74) is -0.0307. The number of likely N-dealkylation sites (tertiary alicyclic amines) is 1. The van der Waals surface area contributed by atoms with Crippen molar-refractivity contribution in [2.75, 3.05) is 32.8 Å². The van der Waals surface area contributed by atoms with Crippen LogP contribution < -0.4 is 10.6 Å². The van der Waals surface area contributed by atoms with Crippen LogP contribution in [0.25, 0.3) is 0 Å². The van der Waals surface area contributed by atoms with Crippen LogP contribution in [0.4, 0.5) is 4.79 Å². The van der Waals surface area contributed by atoms with E-state index < -0.39 is 0 Å². The predicted molar refractivity (Wildman–Crippen MR) is 125 cm³/mol. The van der Waals surface area contributed by atoms with Crippen LogP contribution >= 0.6 is 11.3 Å². The van der Waals surface area contributed by atoms with Gasteiger partial charge in [0.05, 0.1) is 19.4 Å². The standard InChI is InChI=1S/C23H34N4O3S/c1-4-29-22(28)27-13-10-18(11-14-27)26-21(24-12-9-19-7-5-15-30-19)25-17-23(2,3)20-8-6-16-31-20/h5-8,15-16,18H,4,9-14,17H2,1-3H3,(H2,24,25,26). The molecule has 1 aliphatic heterocycles. The van der Waals surface area contributed by atoms with Crippen molar-refractivity contribution < 1.29 is 13.9 Å². The molecule has 1 fully saturated rings. The van der Waals surface area contributed by atoms with E-state index in [2.05, 4.69) is 42.0 Å². The summed E-state index contributed by atoms with van der Waals surface area (Å²) in [6.07, 6.45) is 4.01. The molecule has 3 heterocycles. The molecule has 0 atom stereocenters. The fourth-order valence-electron chi connectivity index (χ4n) is 3.54. The van der Waals surface area contributed by atoms with Gasteiger partial charge in [-0.05, 0) is 43.3 Å². The molecule has 31 heavy (non-hydrogen) atoms. The number of thiophene rings is 1. The Bertz CT molecular complexity index is 810. The summed E-state index contributed by atoms with van der Waals surface area (Å²) in [5.74, 6) is 1.76. The van der Waals surface area contributed by atoms with Gasteiger partial charge < -0.3 is 24.7 Å². The Labute approximate surface area is 188 Å². The van der Waals surface area contributed by atoms with E-state index in [4.69, 9.17) is 14.1 Å². The minimum absolute atomic E-state index is 0.0307. The number of carbonyl (C=O) groups excluding carboxylic acids is 1. The van der Waals surface area contributed by atoms with Gasteiger partial charge in [-0.25, -0.2) is 4.79 Å². The van der Waals surface area contributed by atoms with Crippen LogP contribution in [0.15, 0.2) is 45.3 Å². The van der Waals surface area contributed by atoms with Gasteiger partial charge in [-0.1, -0.05) is 19.9 Å². The SMILES string of the molecule is CCOC(=O)N1CCC(NC(=NCC(C)(C)c2cccs2)NCCc2ccco2)CC1. The third-order valence-electron chi connectivity index (χ3n) is 5.43. The highest BCUT2D eigenvalue weighted by atomic mass is 32.1. The molecule has 3 rings (SSSR count). The number of nitrogens with one attached hydrogen (secondary N) is 2. The van der Waals surface area contributed by atoms with Gasteiger partial charge in [-0.3, -0.25) is 4.99 Å². The molecule has 0 aromatic carbocycles. The van der Waals surface area contributed by atoms with E-state index in [1.807, 2.05) is 19.1 Å². The molecule has 0 spiro atoms. The molecule has 0 radical (unpaired) electrons. The monoisotopic (exact) mass is 446 g/mol. The van der Waals surface area contributed by atoms with Crippen LogP contribution in [0.1, 0.15) is 44.3 Å². The normalized spacial score (nSPS) is 15.7. The minimum Gasteiger partial charge on any atom is -0.469 e. The van der Waals surface area contributed by atoms with Crippen molar-refractivity contribution in [2.24, 2.45) is 4.99 Å². The van der Waals surface area contributed by atoms with Gasteiger partial charge in [0.1, 0.15) is 5.76 Å². The summed E-state index contributed by atoms with van der Waals surface area (Å²) in [5, 5.41) is 9.14. The summed E-state index contributed by atoms with van der Waals surface area (Å²) < 4.78 is 10.6. The first-order valence-corrected chi connectivity index (χ1v) is 11.9. The number of amides is 1. The maximum Gasteiger partial charge on any atom is 0.409 e. The Morgan fingerprint density at radius 3 is 2.77 bits per heavy atom. The molecule has 8 heteroatoms. The van der Waals surface area contributed by atoms with Crippen LogP contribution in [-0.2, 0) is 16.6 Å². The molecule has 1 saturated heterocycles. The smallest absolute Gasteiger partial charge is 0.409 e. The summed E-state index contributed by atoms with van der Waals surface area (Å²) >= 11 is 1.77. The zero-order valence-corrected chi connectivity index (χ0v) is 19.5. The summed E-state index contributed by atoms with van der Waals surface area (Å²) in [4.78, 5) is 20.0. The highest BCUT2D eigenvalue weighted by Crippen LogP contribution is 2.27. The number of furan rings is 1. The topological polar surface area (TPSA) is 79.1 Å². The van der Waals surface area contributed by atoms with Crippen molar-refractivity contribution in [2.45, 2.75) is 51.5 Å². The third kappa shape index (κ3) is 7.02. The largest absolute Gasteiger partial charge is 0.469 e. The second kappa shape index (κ2) is 11.2. The molecule has 2 aromatic heterocycles. The quantitative estimate of drug-likeness (QED) is 0.473. The third-order valence-corrected chi connectivity index (χ3v) is 6.66. The van der Waals surface area contributed by atoms with Gasteiger partial charge >= 0.3 is 6.09 Å². The lowest BCUT2D eigenvalue weighted by Crippen LogP contribution is -2.50. The van der Waals surface area contributed by atoms with Crippen LogP contribution in [0.2, 0.25) is 0 Å². The van der Waals surface area contributed by atoms with E-state index in [9.17, 15) is 4.79 Å². The Kier molecular flexibility index (Phi) is 8.40. The lowest BCUT2D eigenvalue weighted by atomic mass is 9.92. The number of aliphatic imine (C=N–C) groups is 1. The molecule has 1 amide bonds. The first-order chi connectivity index (χ1) is 15.0. The van der Waals surface area contributed by atoms with Crippen LogP contribution in [-0.4, -0.2) is 55.8 Å². The molecule has 0 bridgehead atoms. The van der Waals surface area contributed by atoms with Gasteiger partial charge in [-0.2, -0.15) is 0 Å². The van der Waals surface area contributed by atoms with Gasteiger partial charge in [0.15, 0.2) is 5.96 Å². The Morgan fingerprint density at radius 1 is 1.32 bits per heavy atom. The van der Waals surface area contributed by atoms with Crippen LogP contribution in [0.5, 0.6) is 0 Å². The van der Waals surface area contributed by atoms with E-state index in [1.165, 1.54) is 4.88 Å². The molecule has 2 aromatic rings. The lowest BCUT2D eigenvalue weighted by Gasteiger charge is -2.32. The maximum absolute atomic E-state index is 11.9. The Balaban J connectivity index is 1.58. The number of piperidine rings is 1. The molecule has 0 aliphatic carbocycles. The van der Waals surface area contributed by atoms with Crippen molar-refractivity contribution >= 4 is 23.4 Å². The molecule has 0 saturated carbocycles. The van der Waals surface area contributed by atoms with E-state index >= 15 is 0 Å². The molecular weight excluding hydrogens is 412 g/mol. The van der Waals surface area contributed by atoms with Crippen molar-refractivity contribution in [3.05, 3.63) is 46.5 Å². The molecular formula is C23H34N4O3S. The zero-order valence-electron chi connectivity index (χ0n) is 18.7. The first kappa shape index (κ1) is 23.2. The average molecular weight is 447 g/mol.